The molecule has 0 aromatic carbocycles. The van der Waals surface area contributed by atoms with E-state index < -0.39 is 0 Å². The second-order valence-corrected chi connectivity index (χ2v) is 4.47. The maximum atomic E-state index is 10.7. The summed E-state index contributed by atoms with van der Waals surface area (Å²) >= 11 is 0. The average molecular weight is 230 g/mol. The van der Waals surface area contributed by atoms with Crippen molar-refractivity contribution in [2.24, 2.45) is 5.92 Å². The summed E-state index contributed by atoms with van der Waals surface area (Å²) in [6, 6.07) is 3.59. The SMILES string of the molecule is O=Cc1ccc2nc(CC3CCNC3)nn2c1. The third-order valence-corrected chi connectivity index (χ3v) is 3.17. The van der Waals surface area contributed by atoms with Gasteiger partial charge in [0.15, 0.2) is 17.8 Å². The molecule has 0 radical (unpaired) electrons. The summed E-state index contributed by atoms with van der Waals surface area (Å²) in [7, 11) is 0. The Morgan fingerprint density at radius 1 is 1.53 bits per heavy atom. The van der Waals surface area contributed by atoms with Crippen LogP contribution in [0.15, 0.2) is 18.3 Å². The Hall–Kier alpha value is -1.75. The van der Waals surface area contributed by atoms with Gasteiger partial charge in [-0.3, -0.25) is 4.79 Å². The highest BCUT2D eigenvalue weighted by molar-refractivity contribution is 5.74. The van der Waals surface area contributed by atoms with Crippen molar-refractivity contribution >= 4 is 11.9 Å². The third kappa shape index (κ3) is 2.06. The second kappa shape index (κ2) is 4.25. The van der Waals surface area contributed by atoms with Gasteiger partial charge in [-0.25, -0.2) is 9.50 Å². The molecule has 1 atom stereocenters. The molecular weight excluding hydrogens is 216 g/mol. The summed E-state index contributed by atoms with van der Waals surface area (Å²) in [5.74, 6) is 1.50. The first-order chi connectivity index (χ1) is 8.35. The molecule has 2 aromatic rings. The van der Waals surface area contributed by atoms with E-state index >= 15 is 0 Å². The lowest BCUT2D eigenvalue weighted by atomic mass is 10.1. The molecule has 5 nitrogen and oxygen atoms in total. The smallest absolute Gasteiger partial charge is 0.155 e. The first-order valence-electron chi connectivity index (χ1n) is 5.86. The van der Waals surface area contributed by atoms with Crippen LogP contribution in [0.5, 0.6) is 0 Å². The topological polar surface area (TPSA) is 59.3 Å². The molecular formula is C12H14N4O. The van der Waals surface area contributed by atoms with Gasteiger partial charge in [0.25, 0.3) is 0 Å². The van der Waals surface area contributed by atoms with E-state index in [1.807, 2.05) is 6.07 Å². The fourth-order valence-corrected chi connectivity index (χ4v) is 2.25. The number of carbonyl (C=O) groups excluding carboxylic acids is 1. The van der Waals surface area contributed by atoms with Crippen molar-refractivity contribution in [3.8, 4) is 0 Å². The van der Waals surface area contributed by atoms with E-state index in [2.05, 4.69) is 15.4 Å². The van der Waals surface area contributed by atoms with Crippen LogP contribution in [0.3, 0.4) is 0 Å². The van der Waals surface area contributed by atoms with Gasteiger partial charge in [-0.05, 0) is 37.6 Å². The minimum absolute atomic E-state index is 0.622. The summed E-state index contributed by atoms with van der Waals surface area (Å²) in [5.41, 5.74) is 1.42. The van der Waals surface area contributed by atoms with Crippen LogP contribution in [0.4, 0.5) is 0 Å². The third-order valence-electron chi connectivity index (χ3n) is 3.17. The predicted octanol–water partition coefficient (Wildman–Crippen LogP) is 0.694. The molecule has 88 valence electrons. The number of aldehydes is 1. The number of aromatic nitrogens is 3. The van der Waals surface area contributed by atoms with Crippen molar-refractivity contribution in [3.05, 3.63) is 29.7 Å². The zero-order valence-corrected chi connectivity index (χ0v) is 9.47. The maximum absolute atomic E-state index is 10.7. The number of carbonyl (C=O) groups is 1. The van der Waals surface area contributed by atoms with Crippen molar-refractivity contribution in [1.29, 1.82) is 0 Å². The van der Waals surface area contributed by atoms with E-state index in [9.17, 15) is 4.79 Å². The van der Waals surface area contributed by atoms with Crippen LogP contribution in [0, 0.1) is 5.92 Å². The van der Waals surface area contributed by atoms with Crippen molar-refractivity contribution in [1.82, 2.24) is 19.9 Å². The van der Waals surface area contributed by atoms with Crippen LogP contribution in [-0.4, -0.2) is 34.0 Å². The van der Waals surface area contributed by atoms with E-state index in [1.54, 1.807) is 16.8 Å². The summed E-state index contributed by atoms with van der Waals surface area (Å²) in [5, 5.41) is 7.74. The Kier molecular flexibility index (Phi) is 2.60. The number of nitrogens with one attached hydrogen (secondary N) is 1. The molecule has 1 fully saturated rings. The first-order valence-corrected chi connectivity index (χ1v) is 5.86. The minimum Gasteiger partial charge on any atom is -0.316 e. The zero-order valence-electron chi connectivity index (χ0n) is 9.47. The van der Waals surface area contributed by atoms with Crippen LogP contribution in [0.25, 0.3) is 5.65 Å². The van der Waals surface area contributed by atoms with E-state index in [0.717, 1.165) is 37.3 Å². The van der Waals surface area contributed by atoms with Gasteiger partial charge in [0.2, 0.25) is 0 Å². The van der Waals surface area contributed by atoms with E-state index in [4.69, 9.17) is 0 Å². The van der Waals surface area contributed by atoms with Crippen LogP contribution in [-0.2, 0) is 6.42 Å². The lowest BCUT2D eigenvalue weighted by Crippen LogP contribution is -2.11. The van der Waals surface area contributed by atoms with Crippen LogP contribution in [0.1, 0.15) is 22.6 Å². The molecule has 1 saturated heterocycles. The number of rotatable bonds is 3. The van der Waals surface area contributed by atoms with Crippen LogP contribution < -0.4 is 5.32 Å². The number of fused-ring (bicyclic) bond motifs is 1. The summed E-state index contributed by atoms with van der Waals surface area (Å²) in [6.07, 6.45) is 4.63. The quantitative estimate of drug-likeness (QED) is 0.788. The van der Waals surface area contributed by atoms with Gasteiger partial charge >= 0.3 is 0 Å². The Balaban J connectivity index is 1.87. The molecule has 2 aromatic heterocycles. The molecule has 0 spiro atoms. The van der Waals surface area contributed by atoms with Gasteiger partial charge in [-0.1, -0.05) is 0 Å². The number of nitrogens with zero attached hydrogens (tertiary/aromatic N) is 3. The van der Waals surface area contributed by atoms with Crippen LogP contribution in [0.2, 0.25) is 0 Å². The van der Waals surface area contributed by atoms with Crippen LogP contribution >= 0.6 is 0 Å². The van der Waals surface area contributed by atoms with Crippen molar-refractivity contribution in [3.63, 3.8) is 0 Å². The molecule has 3 heterocycles. The average Bonchev–Trinajstić information content (AvgIpc) is 2.96. The lowest BCUT2D eigenvalue weighted by molar-refractivity contribution is 0.112. The van der Waals surface area contributed by atoms with E-state index in [-0.39, 0.29) is 0 Å². The number of pyridine rings is 1. The molecule has 1 unspecified atom stereocenters. The minimum atomic E-state index is 0.622. The molecule has 1 N–H and O–H groups in total. The van der Waals surface area contributed by atoms with Gasteiger partial charge in [0.05, 0.1) is 0 Å². The van der Waals surface area contributed by atoms with E-state index in [0.29, 0.717) is 11.5 Å². The summed E-state index contributed by atoms with van der Waals surface area (Å²) in [6.45, 7) is 2.14. The Morgan fingerprint density at radius 2 is 2.47 bits per heavy atom. The standard InChI is InChI=1S/C12H14N4O/c17-8-10-1-2-12-14-11(15-16(12)7-10)5-9-3-4-13-6-9/h1-2,7-9,13H,3-6H2. The van der Waals surface area contributed by atoms with Crippen molar-refractivity contribution in [2.75, 3.05) is 13.1 Å². The molecule has 0 amide bonds. The molecule has 0 saturated carbocycles. The van der Waals surface area contributed by atoms with Gasteiger partial charge in [0.1, 0.15) is 0 Å². The Bertz CT molecular complexity index is 542. The second-order valence-electron chi connectivity index (χ2n) is 4.47. The molecule has 3 rings (SSSR count). The largest absolute Gasteiger partial charge is 0.316 e. The Labute approximate surface area is 98.9 Å². The molecule has 17 heavy (non-hydrogen) atoms. The predicted molar refractivity (Wildman–Crippen MR) is 63.1 cm³/mol. The summed E-state index contributed by atoms with van der Waals surface area (Å²) in [4.78, 5) is 15.1. The first kappa shape index (κ1) is 10.4. The van der Waals surface area contributed by atoms with E-state index in [1.165, 1.54) is 6.42 Å². The fourth-order valence-electron chi connectivity index (χ4n) is 2.25. The number of hydrogen-bond acceptors (Lipinski definition) is 4. The fraction of sp³-hybridized carbons (Fsp3) is 0.417. The molecule has 0 aliphatic carbocycles. The monoisotopic (exact) mass is 230 g/mol. The Morgan fingerprint density at radius 3 is 3.24 bits per heavy atom. The van der Waals surface area contributed by atoms with Gasteiger partial charge in [-0.15, -0.1) is 0 Å². The molecule has 0 bridgehead atoms. The highest BCUT2D eigenvalue weighted by Gasteiger charge is 2.17. The van der Waals surface area contributed by atoms with Gasteiger partial charge in [-0.2, -0.15) is 5.10 Å². The molecule has 1 aliphatic rings. The normalized spacial score (nSPS) is 19.9. The molecule has 5 heteroatoms. The van der Waals surface area contributed by atoms with Gasteiger partial charge in [0, 0.05) is 18.2 Å². The highest BCUT2D eigenvalue weighted by Crippen LogP contribution is 2.13. The number of hydrogen-bond donors (Lipinski definition) is 1. The zero-order chi connectivity index (χ0) is 11.7. The maximum Gasteiger partial charge on any atom is 0.155 e. The lowest BCUT2D eigenvalue weighted by Gasteiger charge is -2.02. The molecule has 1 aliphatic heterocycles. The summed E-state index contributed by atoms with van der Waals surface area (Å²) < 4.78 is 1.68. The van der Waals surface area contributed by atoms with Crippen molar-refractivity contribution in [2.45, 2.75) is 12.8 Å². The van der Waals surface area contributed by atoms with Gasteiger partial charge < -0.3 is 5.32 Å². The van der Waals surface area contributed by atoms with Crippen molar-refractivity contribution < 1.29 is 4.79 Å². The highest BCUT2D eigenvalue weighted by atomic mass is 16.1.